The number of hydrogen-bond acceptors (Lipinski definition) is 4. The van der Waals surface area contributed by atoms with E-state index in [4.69, 9.17) is 0 Å². The highest BCUT2D eigenvalue weighted by molar-refractivity contribution is 6.43. The summed E-state index contributed by atoms with van der Waals surface area (Å²) in [4.78, 5) is 56.6. The van der Waals surface area contributed by atoms with E-state index >= 15 is 0 Å². The lowest BCUT2D eigenvalue weighted by Crippen LogP contribution is -2.44. The summed E-state index contributed by atoms with van der Waals surface area (Å²) in [5, 5.41) is 3.99. The summed E-state index contributed by atoms with van der Waals surface area (Å²) in [5.74, 6) is -4.25. The maximum atomic E-state index is 14.5. The van der Waals surface area contributed by atoms with E-state index in [1.54, 1.807) is 50.2 Å². The molecule has 0 aromatic heterocycles. The van der Waals surface area contributed by atoms with E-state index in [0.717, 1.165) is 0 Å². The van der Waals surface area contributed by atoms with Crippen LogP contribution < -0.4 is 4.90 Å². The molecule has 0 saturated heterocycles. The first-order valence-electron chi connectivity index (χ1n) is 15.7. The first kappa shape index (κ1) is 31.7. The average molecular weight is 687 g/mol. The lowest BCUT2D eigenvalue weighted by atomic mass is 9.82. The van der Waals surface area contributed by atoms with Gasteiger partial charge in [-0.05, 0) is 94.0 Å². The summed E-state index contributed by atoms with van der Waals surface area (Å²) in [6.45, 7) is 6.12. The van der Waals surface area contributed by atoms with E-state index in [-0.39, 0.29) is 27.5 Å². The highest BCUT2D eigenvalue weighted by Gasteiger charge is 2.45. The van der Waals surface area contributed by atoms with Gasteiger partial charge in [-0.3, -0.25) is 24.1 Å². The maximum Gasteiger partial charge on any atom is 0.418 e. The van der Waals surface area contributed by atoms with Crippen molar-refractivity contribution in [1.82, 2.24) is 4.90 Å². The maximum absolute atomic E-state index is 14.5. The van der Waals surface area contributed by atoms with E-state index < -0.39 is 70.3 Å². The fraction of sp³-hybridized carbons (Fsp3) is 0.211. The molecule has 50 heavy (non-hydrogen) atoms. The van der Waals surface area contributed by atoms with E-state index in [2.05, 4.69) is 0 Å². The number of carbonyl (C=O) groups excluding carboxylic acids is 4. The molecular weight excluding hydrogens is 662 g/mol. The molecule has 12 heteroatoms. The fourth-order valence-electron chi connectivity index (χ4n) is 7.71. The van der Waals surface area contributed by atoms with Crippen LogP contribution in [0.2, 0.25) is 0 Å². The number of rotatable bonds is 3. The Morgan fingerprint density at radius 2 is 0.880 bits per heavy atom. The van der Waals surface area contributed by atoms with Gasteiger partial charge in [0.2, 0.25) is 0 Å². The Hall–Kier alpha value is -5.52. The van der Waals surface area contributed by atoms with Crippen LogP contribution in [0.1, 0.15) is 91.7 Å². The fourth-order valence-corrected chi connectivity index (χ4v) is 7.71. The van der Waals surface area contributed by atoms with Gasteiger partial charge in [0.15, 0.2) is 0 Å². The van der Waals surface area contributed by atoms with Gasteiger partial charge in [0, 0.05) is 39.1 Å². The number of halogens is 6. The zero-order valence-corrected chi connectivity index (χ0v) is 26.7. The van der Waals surface area contributed by atoms with Crippen molar-refractivity contribution in [3.05, 3.63) is 99.6 Å². The summed E-state index contributed by atoms with van der Waals surface area (Å²) in [6, 6.07) is 12.7. The number of nitrogens with zero attached hydrogens (tertiary/aromatic N) is 2. The van der Waals surface area contributed by atoms with Crippen molar-refractivity contribution in [2.45, 2.75) is 52.0 Å². The van der Waals surface area contributed by atoms with Crippen LogP contribution in [0.3, 0.4) is 0 Å². The molecule has 0 unspecified atom stereocenters. The van der Waals surface area contributed by atoms with Gasteiger partial charge in [0.25, 0.3) is 23.6 Å². The van der Waals surface area contributed by atoms with Crippen LogP contribution in [-0.4, -0.2) is 34.6 Å². The molecule has 0 atom stereocenters. The molecule has 8 rings (SSSR count). The molecule has 0 fully saturated rings. The van der Waals surface area contributed by atoms with E-state index in [0.29, 0.717) is 54.9 Å². The molecule has 2 aliphatic rings. The molecule has 0 aliphatic carbocycles. The minimum absolute atomic E-state index is 0.145. The predicted octanol–water partition coefficient (Wildman–Crippen LogP) is 9.70. The Labute approximate surface area is 279 Å². The molecule has 6 aromatic rings. The van der Waals surface area contributed by atoms with Crippen LogP contribution in [0.4, 0.5) is 32.0 Å². The molecule has 6 aromatic carbocycles. The zero-order chi connectivity index (χ0) is 35.9. The smallest absolute Gasteiger partial charge is 0.272 e. The second-order valence-electron chi connectivity index (χ2n) is 13.3. The normalized spacial score (nSPS) is 15.4. The molecule has 252 valence electrons. The topological polar surface area (TPSA) is 74.8 Å². The van der Waals surface area contributed by atoms with Crippen LogP contribution in [0, 0.1) is 0 Å². The first-order valence-corrected chi connectivity index (χ1v) is 15.7. The third-order valence-electron chi connectivity index (χ3n) is 9.83. The molecule has 6 nitrogen and oxygen atoms in total. The first-order chi connectivity index (χ1) is 23.4. The Balaban J connectivity index is 1.40. The van der Waals surface area contributed by atoms with Gasteiger partial charge < -0.3 is 0 Å². The Morgan fingerprint density at radius 1 is 0.500 bits per heavy atom. The third-order valence-corrected chi connectivity index (χ3v) is 9.83. The van der Waals surface area contributed by atoms with Crippen LogP contribution in [0.15, 0.2) is 60.7 Å². The lowest BCUT2D eigenvalue weighted by molar-refractivity contribution is -0.141. The highest BCUT2D eigenvalue weighted by atomic mass is 19.4. The number of anilines is 1. The molecule has 0 saturated carbocycles. The van der Waals surface area contributed by atoms with Crippen molar-refractivity contribution < 1.29 is 45.5 Å². The number of hydrogen-bond donors (Lipinski definition) is 0. The number of imide groups is 2. The number of carbonyl (C=O) groups is 4. The van der Waals surface area contributed by atoms with Gasteiger partial charge >= 0.3 is 12.4 Å². The lowest BCUT2D eigenvalue weighted by Gasteiger charge is -2.32. The molecule has 0 bridgehead atoms. The van der Waals surface area contributed by atoms with Gasteiger partial charge in [0.05, 0.1) is 16.8 Å². The van der Waals surface area contributed by atoms with Crippen molar-refractivity contribution in [3.63, 3.8) is 0 Å². The van der Waals surface area contributed by atoms with Crippen LogP contribution in [0.5, 0.6) is 0 Å². The molecule has 4 amide bonds. The number of amides is 4. The monoisotopic (exact) mass is 686 g/mol. The van der Waals surface area contributed by atoms with Gasteiger partial charge in [-0.25, -0.2) is 4.90 Å². The Morgan fingerprint density at radius 3 is 1.22 bits per heavy atom. The van der Waals surface area contributed by atoms with Crippen molar-refractivity contribution in [2.24, 2.45) is 0 Å². The van der Waals surface area contributed by atoms with E-state index in [1.165, 1.54) is 30.9 Å². The Bertz CT molecular complexity index is 2450. The summed E-state index contributed by atoms with van der Waals surface area (Å²) >= 11 is 0. The summed E-state index contributed by atoms with van der Waals surface area (Å²) in [5.41, 5.74) is -4.40. The van der Waals surface area contributed by atoms with E-state index in [1.807, 2.05) is 0 Å². The largest absolute Gasteiger partial charge is 0.418 e. The summed E-state index contributed by atoms with van der Waals surface area (Å²) in [7, 11) is 0. The predicted molar refractivity (Wildman–Crippen MR) is 175 cm³/mol. The number of alkyl halides is 6. The third kappa shape index (κ3) is 4.04. The van der Waals surface area contributed by atoms with Crippen molar-refractivity contribution in [3.8, 4) is 0 Å². The van der Waals surface area contributed by atoms with Crippen LogP contribution >= 0.6 is 0 Å². The summed E-state index contributed by atoms with van der Waals surface area (Å²) in [6.07, 6.45) is -10.3. The van der Waals surface area contributed by atoms with Crippen molar-refractivity contribution in [2.75, 3.05) is 4.90 Å². The standard InChI is InChI=1S/C38H24F6N2O4/c1-15(2)25-13-27(38(42,43)44)28(14-26(25)37(39,40)41)46-35(49)23-11-7-19-17-5-9-21-31-22(34(48)45(16(3)4)33(21)47)10-6-18(29(17)31)20-8-12-24(36(46)50)32(23)30(19)20/h5-16H,1-4H3. The molecule has 2 heterocycles. The molecule has 0 radical (unpaired) electrons. The van der Waals surface area contributed by atoms with Crippen molar-refractivity contribution >= 4 is 72.4 Å². The van der Waals surface area contributed by atoms with Gasteiger partial charge in [-0.15, -0.1) is 0 Å². The SMILES string of the molecule is CC(C)c1cc(C(F)(F)F)c(N2C(=O)c3ccc4c5ccc6c7c(ccc(c8ccc(c3c48)C2=O)c75)C(=O)N(C(C)C)C6=O)cc1C(F)(F)F. The van der Waals surface area contributed by atoms with Crippen LogP contribution in [-0.2, 0) is 12.4 Å². The van der Waals surface area contributed by atoms with Crippen LogP contribution in [0.25, 0.3) is 43.1 Å². The number of benzene rings is 6. The minimum atomic E-state index is -5.20. The molecule has 0 spiro atoms. The second-order valence-corrected chi connectivity index (χ2v) is 13.3. The summed E-state index contributed by atoms with van der Waals surface area (Å²) < 4.78 is 86.1. The van der Waals surface area contributed by atoms with Crippen molar-refractivity contribution in [1.29, 1.82) is 0 Å². The Kier molecular flexibility index (Phi) is 6.36. The zero-order valence-electron chi connectivity index (χ0n) is 26.7. The molecule has 0 N–H and O–H groups in total. The minimum Gasteiger partial charge on any atom is -0.272 e. The highest BCUT2D eigenvalue weighted by Crippen LogP contribution is 2.49. The van der Waals surface area contributed by atoms with Gasteiger partial charge in [-0.1, -0.05) is 38.1 Å². The van der Waals surface area contributed by atoms with Gasteiger partial charge in [0.1, 0.15) is 0 Å². The second kappa shape index (κ2) is 10.0. The quantitative estimate of drug-likeness (QED) is 0.0805. The number of fused-ring (bicyclic) bond motifs is 2. The van der Waals surface area contributed by atoms with Gasteiger partial charge in [-0.2, -0.15) is 26.3 Å². The molecule has 2 aliphatic heterocycles. The van der Waals surface area contributed by atoms with E-state index in [9.17, 15) is 45.5 Å². The molecular formula is C38H24F6N2O4. The average Bonchev–Trinajstić information content (AvgIpc) is 3.04.